The van der Waals surface area contributed by atoms with Gasteiger partial charge in [-0.1, -0.05) is 78.5 Å². The molecule has 1 fully saturated rings. The van der Waals surface area contributed by atoms with Gasteiger partial charge in [-0.15, -0.1) is 23.1 Å². The number of thiazole rings is 1. The highest BCUT2D eigenvalue weighted by Gasteiger charge is 2.54. The maximum atomic E-state index is 13.8. The summed E-state index contributed by atoms with van der Waals surface area (Å²) in [5.74, 6) is -2.36. The van der Waals surface area contributed by atoms with Gasteiger partial charge in [-0.05, 0) is 16.7 Å². The van der Waals surface area contributed by atoms with E-state index in [0.717, 1.165) is 22.5 Å². The monoisotopic (exact) mass is 633 g/mol. The zero-order valence-corrected chi connectivity index (χ0v) is 25.0. The number of aromatic nitrogens is 1. The van der Waals surface area contributed by atoms with E-state index >= 15 is 0 Å². The number of thioether (sulfide) groups is 1. The summed E-state index contributed by atoms with van der Waals surface area (Å²) in [5.41, 5.74) is 7.66. The molecular formula is C30H27N5O7S2. The first-order valence-electron chi connectivity index (χ1n) is 13.2. The number of nitrogen functional groups attached to an aromatic ring is 1. The summed E-state index contributed by atoms with van der Waals surface area (Å²) in [4.78, 5) is 62.4. The predicted octanol–water partition coefficient (Wildman–Crippen LogP) is 2.79. The van der Waals surface area contributed by atoms with E-state index in [1.54, 1.807) is 0 Å². The van der Waals surface area contributed by atoms with E-state index in [2.05, 4.69) is 26.8 Å². The van der Waals surface area contributed by atoms with Crippen LogP contribution in [-0.2, 0) is 33.5 Å². The van der Waals surface area contributed by atoms with Crippen LogP contribution in [0.1, 0.15) is 22.9 Å². The average molecular weight is 634 g/mol. The van der Waals surface area contributed by atoms with Crippen molar-refractivity contribution in [3.8, 4) is 0 Å². The smallest absolute Gasteiger partial charge is 0.356 e. The molecule has 0 bridgehead atoms. The molecule has 3 aromatic rings. The SMILES string of the molecule is C=CC1=C(C(=O)OC(c2ccccc2)c2ccccc2)N2C(=O)C(NC(=O)/C(=N/OCC(=O)OC)c3csc(N)n3)C2SC1. The Morgan fingerprint density at radius 2 is 1.82 bits per heavy atom. The number of allylic oxidation sites excluding steroid dienone is 1. The number of carbonyl (C=O) groups excluding carboxylic acids is 4. The first-order valence-corrected chi connectivity index (χ1v) is 15.1. The van der Waals surface area contributed by atoms with Crippen molar-refractivity contribution in [1.82, 2.24) is 15.2 Å². The first-order chi connectivity index (χ1) is 21.3. The molecular weight excluding hydrogens is 606 g/mol. The molecule has 2 amide bonds. The van der Waals surface area contributed by atoms with Gasteiger partial charge in [0.2, 0.25) is 6.61 Å². The Kier molecular flexibility index (Phi) is 9.41. The fraction of sp³-hybridized carbons (Fsp3) is 0.200. The minimum absolute atomic E-state index is 0.0682. The van der Waals surface area contributed by atoms with Crippen LogP contribution >= 0.6 is 23.1 Å². The van der Waals surface area contributed by atoms with E-state index in [4.69, 9.17) is 15.3 Å². The first kappa shape index (κ1) is 30.5. The van der Waals surface area contributed by atoms with Crippen molar-refractivity contribution in [2.45, 2.75) is 17.5 Å². The quantitative estimate of drug-likeness (QED) is 0.139. The molecule has 0 aliphatic carbocycles. The lowest BCUT2D eigenvalue weighted by molar-refractivity contribution is -0.154. The maximum Gasteiger partial charge on any atom is 0.356 e. The van der Waals surface area contributed by atoms with Gasteiger partial charge < -0.3 is 25.4 Å². The molecule has 5 rings (SSSR count). The van der Waals surface area contributed by atoms with Gasteiger partial charge in [0.1, 0.15) is 22.8 Å². The number of methoxy groups -OCH3 is 1. The molecule has 0 saturated carbocycles. The number of hydrogen-bond donors (Lipinski definition) is 2. The van der Waals surface area contributed by atoms with E-state index in [1.165, 1.54) is 35.2 Å². The summed E-state index contributed by atoms with van der Waals surface area (Å²) in [6.45, 7) is 3.28. The standard InChI is InChI=1S/C30H27N5O7S2/c1-3-17-15-43-28-23(33-26(37)22(20-16-44-30(31)32-20)34-41-14-21(36)40-2)27(38)35(28)24(17)29(39)42-25(18-10-6-4-7-11-18)19-12-8-5-9-13-19/h3-13,16,23,25,28H,1,14-15H2,2H3,(H2,31,32)(H,33,37)/b34-22+. The lowest BCUT2D eigenvalue weighted by Gasteiger charge is -2.49. The summed E-state index contributed by atoms with van der Waals surface area (Å²) in [6.07, 6.45) is 0.799. The highest BCUT2D eigenvalue weighted by Crippen LogP contribution is 2.42. The van der Waals surface area contributed by atoms with Crippen LogP contribution in [0.2, 0.25) is 0 Å². The van der Waals surface area contributed by atoms with Crippen molar-refractivity contribution in [2.75, 3.05) is 25.2 Å². The van der Waals surface area contributed by atoms with Crippen molar-refractivity contribution < 1.29 is 33.5 Å². The number of carbonyl (C=O) groups is 4. The van der Waals surface area contributed by atoms with Crippen molar-refractivity contribution in [2.24, 2.45) is 5.16 Å². The second-order valence-electron chi connectivity index (χ2n) is 9.41. The molecule has 2 aromatic carbocycles. The number of oxime groups is 1. The van der Waals surface area contributed by atoms with Crippen LogP contribution in [0.4, 0.5) is 5.13 Å². The fourth-order valence-electron chi connectivity index (χ4n) is 4.55. The highest BCUT2D eigenvalue weighted by atomic mass is 32.2. The normalized spacial score (nSPS) is 17.8. The average Bonchev–Trinajstić information content (AvgIpc) is 3.49. The largest absolute Gasteiger partial charge is 0.466 e. The minimum atomic E-state index is -0.998. The minimum Gasteiger partial charge on any atom is -0.466 e. The third kappa shape index (κ3) is 6.35. The Labute approximate surface area is 260 Å². The lowest BCUT2D eigenvalue weighted by Crippen LogP contribution is -2.71. The topological polar surface area (TPSA) is 163 Å². The predicted molar refractivity (Wildman–Crippen MR) is 164 cm³/mol. The number of nitrogens with zero attached hydrogens (tertiary/aromatic N) is 3. The summed E-state index contributed by atoms with van der Waals surface area (Å²) in [7, 11) is 1.18. The van der Waals surface area contributed by atoms with Crippen molar-refractivity contribution in [1.29, 1.82) is 0 Å². The van der Waals surface area contributed by atoms with Crippen LogP contribution in [-0.4, -0.2) is 70.2 Å². The highest BCUT2D eigenvalue weighted by molar-refractivity contribution is 8.00. The second kappa shape index (κ2) is 13.6. The van der Waals surface area contributed by atoms with Gasteiger partial charge in [-0.2, -0.15) is 0 Å². The Morgan fingerprint density at radius 1 is 1.16 bits per heavy atom. The number of nitrogens with one attached hydrogen (secondary N) is 1. The number of ether oxygens (including phenoxy) is 2. The number of fused-ring (bicyclic) bond motifs is 1. The molecule has 1 aromatic heterocycles. The molecule has 2 atom stereocenters. The van der Waals surface area contributed by atoms with E-state index in [-0.39, 0.29) is 22.2 Å². The lowest BCUT2D eigenvalue weighted by atomic mass is 10.0. The van der Waals surface area contributed by atoms with Crippen LogP contribution < -0.4 is 11.1 Å². The van der Waals surface area contributed by atoms with Crippen LogP contribution in [0.5, 0.6) is 0 Å². The number of nitrogens with two attached hydrogens (primary N) is 1. The zero-order chi connectivity index (χ0) is 31.2. The summed E-state index contributed by atoms with van der Waals surface area (Å²) in [5, 5.41) is 7.47. The summed E-state index contributed by atoms with van der Waals surface area (Å²) >= 11 is 2.43. The molecule has 2 unspecified atom stereocenters. The number of benzene rings is 2. The number of anilines is 1. The molecule has 0 radical (unpaired) electrons. The van der Waals surface area contributed by atoms with Gasteiger partial charge in [-0.3, -0.25) is 14.5 Å². The van der Waals surface area contributed by atoms with Crippen LogP contribution in [0, 0.1) is 0 Å². The molecule has 226 valence electrons. The Hall–Kier alpha value is -4.95. The van der Waals surface area contributed by atoms with Crippen LogP contribution in [0.25, 0.3) is 0 Å². The number of amides is 2. The summed E-state index contributed by atoms with van der Waals surface area (Å²) < 4.78 is 10.6. The number of rotatable bonds is 11. The summed E-state index contributed by atoms with van der Waals surface area (Å²) in [6, 6.07) is 17.6. The number of β-lactam (4-membered cyclic amide) rings is 1. The molecule has 12 nitrogen and oxygen atoms in total. The molecule has 0 spiro atoms. The van der Waals surface area contributed by atoms with Crippen molar-refractivity contribution in [3.05, 3.63) is 107 Å². The molecule has 2 aliphatic rings. The fourth-order valence-corrected chi connectivity index (χ4v) is 6.44. The van der Waals surface area contributed by atoms with Gasteiger partial charge in [0.25, 0.3) is 11.8 Å². The third-order valence-corrected chi connectivity index (χ3v) is 8.68. The Morgan fingerprint density at radius 3 is 2.39 bits per heavy atom. The van der Waals surface area contributed by atoms with Crippen molar-refractivity contribution in [3.63, 3.8) is 0 Å². The van der Waals surface area contributed by atoms with E-state index in [0.29, 0.717) is 11.3 Å². The van der Waals surface area contributed by atoms with E-state index in [9.17, 15) is 19.2 Å². The second-order valence-corrected chi connectivity index (χ2v) is 11.4. The number of esters is 2. The van der Waals surface area contributed by atoms with E-state index in [1.807, 2.05) is 60.7 Å². The maximum absolute atomic E-state index is 13.8. The van der Waals surface area contributed by atoms with Gasteiger partial charge in [0, 0.05) is 11.1 Å². The Balaban J connectivity index is 1.36. The van der Waals surface area contributed by atoms with Crippen LogP contribution in [0.15, 0.2) is 95.1 Å². The molecule has 3 N–H and O–H groups in total. The molecule has 44 heavy (non-hydrogen) atoms. The molecule has 14 heteroatoms. The molecule has 2 aliphatic heterocycles. The van der Waals surface area contributed by atoms with Gasteiger partial charge in [0.15, 0.2) is 16.9 Å². The zero-order valence-electron chi connectivity index (χ0n) is 23.4. The van der Waals surface area contributed by atoms with Crippen molar-refractivity contribution >= 4 is 57.7 Å². The van der Waals surface area contributed by atoms with Gasteiger partial charge in [-0.25, -0.2) is 14.6 Å². The van der Waals surface area contributed by atoms with E-state index < -0.39 is 47.9 Å². The Bertz CT molecular complexity index is 1600. The number of hydrogen-bond acceptors (Lipinski definition) is 12. The van der Waals surface area contributed by atoms with Gasteiger partial charge in [0.05, 0.1) is 7.11 Å². The molecule has 3 heterocycles. The third-order valence-electron chi connectivity index (χ3n) is 6.70. The van der Waals surface area contributed by atoms with Gasteiger partial charge >= 0.3 is 11.9 Å². The molecule has 1 saturated heterocycles. The van der Waals surface area contributed by atoms with Crippen LogP contribution in [0.3, 0.4) is 0 Å².